The van der Waals surface area contributed by atoms with Crippen LogP contribution in [0, 0.1) is 11.3 Å². The molecule has 2 heterocycles. The maximum Gasteiger partial charge on any atom is 0.161 e. The van der Waals surface area contributed by atoms with Gasteiger partial charge in [-0.25, -0.2) is 0 Å². The van der Waals surface area contributed by atoms with Gasteiger partial charge >= 0.3 is 0 Å². The number of nitrogens with zero attached hydrogens (tertiary/aromatic N) is 4. The summed E-state index contributed by atoms with van der Waals surface area (Å²) in [5, 5.41) is 24.4. The molecule has 0 saturated heterocycles. The summed E-state index contributed by atoms with van der Waals surface area (Å²) in [6.45, 7) is 0. The van der Waals surface area contributed by atoms with Crippen molar-refractivity contribution in [3.05, 3.63) is 109 Å². The van der Waals surface area contributed by atoms with Crippen molar-refractivity contribution in [2.24, 2.45) is 0 Å². The molecular weight excluding hydrogens is 474 g/mol. The molecule has 2 aromatic heterocycles. The maximum absolute atomic E-state index is 9.15. The predicted molar refractivity (Wildman–Crippen MR) is 148 cm³/mol. The highest BCUT2D eigenvalue weighted by Crippen LogP contribution is 2.33. The molecule has 0 unspecified atom stereocenters. The number of pyridine rings is 1. The number of ether oxygens (including phenoxy) is 2. The van der Waals surface area contributed by atoms with E-state index in [4.69, 9.17) is 14.7 Å². The molecule has 0 saturated carbocycles. The quantitative estimate of drug-likeness (QED) is 0.260. The van der Waals surface area contributed by atoms with Crippen molar-refractivity contribution in [1.82, 2.24) is 15.2 Å². The van der Waals surface area contributed by atoms with Crippen LogP contribution in [-0.4, -0.2) is 22.3 Å². The van der Waals surface area contributed by atoms with Crippen molar-refractivity contribution in [3.63, 3.8) is 0 Å². The van der Waals surface area contributed by atoms with E-state index in [1.165, 1.54) is 0 Å². The van der Waals surface area contributed by atoms with Gasteiger partial charge in [0.05, 0.1) is 24.3 Å². The van der Waals surface area contributed by atoms with E-state index in [9.17, 15) is 0 Å². The Balaban J connectivity index is 1.26. The lowest BCUT2D eigenvalue weighted by Gasteiger charge is -2.12. The molecule has 0 atom stereocenters. The van der Waals surface area contributed by atoms with Gasteiger partial charge in [0, 0.05) is 33.6 Å². The van der Waals surface area contributed by atoms with E-state index in [1.807, 2.05) is 84.9 Å². The van der Waals surface area contributed by atoms with E-state index >= 15 is 0 Å². The fraction of sp³-hybridized carbons (Fsp3) is 0.0323. The molecule has 7 nitrogen and oxygen atoms in total. The third kappa shape index (κ3) is 4.43. The van der Waals surface area contributed by atoms with Crippen molar-refractivity contribution >= 4 is 33.2 Å². The topological polar surface area (TPSA) is 93.0 Å². The largest absolute Gasteiger partial charge is 0.497 e. The zero-order chi connectivity index (χ0) is 25.9. The summed E-state index contributed by atoms with van der Waals surface area (Å²) >= 11 is 0. The molecule has 0 fully saturated rings. The van der Waals surface area contributed by atoms with Crippen LogP contribution in [0.3, 0.4) is 0 Å². The summed E-state index contributed by atoms with van der Waals surface area (Å²) in [4.78, 5) is 4.35. The van der Waals surface area contributed by atoms with E-state index in [0.29, 0.717) is 28.4 Å². The summed E-state index contributed by atoms with van der Waals surface area (Å²) < 4.78 is 11.4. The number of benzene rings is 4. The second-order valence-electron chi connectivity index (χ2n) is 8.58. The Labute approximate surface area is 218 Å². The zero-order valence-corrected chi connectivity index (χ0v) is 20.4. The normalized spacial score (nSPS) is 10.7. The van der Waals surface area contributed by atoms with E-state index < -0.39 is 0 Å². The van der Waals surface area contributed by atoms with E-state index in [2.05, 4.69) is 26.6 Å². The monoisotopic (exact) mass is 495 g/mol. The van der Waals surface area contributed by atoms with Crippen LogP contribution in [-0.2, 0) is 0 Å². The summed E-state index contributed by atoms with van der Waals surface area (Å²) in [5.41, 5.74) is 3.90. The number of methoxy groups -OCH3 is 1. The first-order valence-electron chi connectivity index (χ1n) is 12.0. The Kier molecular flexibility index (Phi) is 5.97. The third-order valence-corrected chi connectivity index (χ3v) is 6.23. The van der Waals surface area contributed by atoms with Crippen molar-refractivity contribution in [1.29, 1.82) is 5.26 Å². The molecule has 0 radical (unpaired) electrons. The van der Waals surface area contributed by atoms with Gasteiger partial charge in [0.15, 0.2) is 5.82 Å². The van der Waals surface area contributed by atoms with E-state index in [-0.39, 0.29) is 0 Å². The SMILES string of the molecule is COc1ccc(-c2nnc(Nc3ccc(Oc4ccnc5cc(C#N)ccc45)cc3)c3ccccc23)cc1. The zero-order valence-electron chi connectivity index (χ0n) is 20.4. The number of anilines is 2. The molecule has 0 aliphatic heterocycles. The summed E-state index contributed by atoms with van der Waals surface area (Å²) in [6, 6.07) is 32.8. The fourth-order valence-corrected chi connectivity index (χ4v) is 4.31. The molecule has 0 aliphatic rings. The molecule has 6 rings (SSSR count). The lowest BCUT2D eigenvalue weighted by Crippen LogP contribution is -1.99. The van der Waals surface area contributed by atoms with Crippen LogP contribution < -0.4 is 14.8 Å². The van der Waals surface area contributed by atoms with E-state index in [0.717, 1.165) is 38.9 Å². The first-order valence-corrected chi connectivity index (χ1v) is 12.0. The second-order valence-corrected chi connectivity index (χ2v) is 8.58. The highest BCUT2D eigenvalue weighted by atomic mass is 16.5. The van der Waals surface area contributed by atoms with E-state index in [1.54, 1.807) is 25.4 Å². The highest BCUT2D eigenvalue weighted by Gasteiger charge is 2.12. The second kappa shape index (κ2) is 9.88. The standard InChI is InChI=1S/C31H21N5O2/c1-37-23-11-7-21(8-12-23)30-25-4-2-3-5-26(25)31(36-35-30)34-22-9-13-24(14-10-22)38-29-16-17-33-28-18-20(19-32)6-15-27(28)29/h2-18H,1H3,(H,34,36). The van der Waals surface area contributed by atoms with Gasteiger partial charge in [0.25, 0.3) is 0 Å². The minimum absolute atomic E-state index is 0.560. The van der Waals surface area contributed by atoms with Gasteiger partial charge in [-0.15, -0.1) is 10.2 Å². The lowest BCUT2D eigenvalue weighted by molar-refractivity contribution is 0.415. The molecule has 0 spiro atoms. The molecule has 38 heavy (non-hydrogen) atoms. The summed E-state index contributed by atoms with van der Waals surface area (Å²) in [7, 11) is 1.65. The van der Waals surface area contributed by atoms with Crippen LogP contribution in [0.15, 0.2) is 103 Å². The molecule has 0 aliphatic carbocycles. The minimum atomic E-state index is 0.560. The van der Waals surface area contributed by atoms with Crippen LogP contribution in [0.1, 0.15) is 5.56 Å². The van der Waals surface area contributed by atoms with Crippen LogP contribution in [0.4, 0.5) is 11.5 Å². The van der Waals surface area contributed by atoms with Crippen molar-refractivity contribution in [2.75, 3.05) is 12.4 Å². The number of nitrogens with one attached hydrogen (secondary N) is 1. The first kappa shape index (κ1) is 23.0. The molecule has 4 aromatic carbocycles. The summed E-state index contributed by atoms with van der Waals surface area (Å²) in [6.07, 6.45) is 1.67. The van der Waals surface area contributed by atoms with Gasteiger partial charge in [-0.1, -0.05) is 24.3 Å². The number of fused-ring (bicyclic) bond motifs is 2. The van der Waals surface area contributed by atoms with Gasteiger partial charge in [0.1, 0.15) is 22.9 Å². The smallest absolute Gasteiger partial charge is 0.161 e. The van der Waals surface area contributed by atoms with Crippen molar-refractivity contribution in [3.8, 4) is 34.6 Å². The van der Waals surface area contributed by atoms with Gasteiger partial charge in [-0.2, -0.15) is 5.26 Å². The van der Waals surface area contributed by atoms with Crippen LogP contribution in [0.25, 0.3) is 32.9 Å². The molecule has 1 N–H and O–H groups in total. The van der Waals surface area contributed by atoms with Crippen molar-refractivity contribution < 1.29 is 9.47 Å². The Hall–Kier alpha value is -5.48. The minimum Gasteiger partial charge on any atom is -0.497 e. The molecular formula is C31H21N5O2. The molecule has 6 aromatic rings. The predicted octanol–water partition coefficient (Wildman–Crippen LogP) is 7.26. The number of rotatable bonds is 6. The van der Waals surface area contributed by atoms with Gasteiger partial charge in [-0.05, 0) is 72.8 Å². The highest BCUT2D eigenvalue weighted by molar-refractivity contribution is 6.00. The Morgan fingerprint density at radius 1 is 0.763 bits per heavy atom. The van der Waals surface area contributed by atoms with Crippen LogP contribution in [0.5, 0.6) is 17.2 Å². The van der Waals surface area contributed by atoms with Crippen LogP contribution in [0.2, 0.25) is 0 Å². The third-order valence-electron chi connectivity index (χ3n) is 6.23. The average Bonchev–Trinajstić information content (AvgIpc) is 2.98. The first-order chi connectivity index (χ1) is 18.7. The van der Waals surface area contributed by atoms with Gasteiger partial charge < -0.3 is 14.8 Å². The Morgan fingerprint density at radius 3 is 2.29 bits per heavy atom. The number of nitriles is 1. The molecule has 182 valence electrons. The van der Waals surface area contributed by atoms with Crippen LogP contribution >= 0.6 is 0 Å². The number of hydrogen-bond acceptors (Lipinski definition) is 7. The summed E-state index contributed by atoms with van der Waals surface area (Å²) in [5.74, 6) is 2.81. The molecule has 0 amide bonds. The number of aromatic nitrogens is 3. The Morgan fingerprint density at radius 2 is 1.53 bits per heavy atom. The molecule has 7 heteroatoms. The average molecular weight is 496 g/mol. The van der Waals surface area contributed by atoms with Gasteiger partial charge in [0.2, 0.25) is 0 Å². The fourth-order valence-electron chi connectivity index (χ4n) is 4.31. The van der Waals surface area contributed by atoms with Gasteiger partial charge in [-0.3, -0.25) is 4.98 Å². The number of hydrogen-bond donors (Lipinski definition) is 1. The molecule has 0 bridgehead atoms. The lowest BCUT2D eigenvalue weighted by atomic mass is 10.0. The van der Waals surface area contributed by atoms with Crippen molar-refractivity contribution in [2.45, 2.75) is 0 Å². The Bertz CT molecular complexity index is 1810. The maximum atomic E-state index is 9.15.